The number of hydrogen-bond acceptors (Lipinski definition) is 4. The standard InChI is InChI=1S/C20H17Cl2NO3S/c1-12-2-4-13(5-3-12)11-23-19(25)17(18(20(23)26)27-9-8-24)15-7-6-14(21)10-16(15)22/h2-7,10,24H,8-9,11H2,1H3. The molecule has 1 aliphatic rings. The zero-order valence-electron chi connectivity index (χ0n) is 14.5. The van der Waals surface area contributed by atoms with Crippen molar-refractivity contribution >= 4 is 52.4 Å². The molecular weight excluding hydrogens is 405 g/mol. The number of aryl methyl sites for hydroxylation is 1. The molecule has 0 bridgehead atoms. The Kier molecular flexibility index (Phi) is 6.27. The first-order valence-electron chi connectivity index (χ1n) is 8.27. The Bertz CT molecular complexity index is 925. The van der Waals surface area contributed by atoms with Gasteiger partial charge in [-0.15, -0.1) is 11.8 Å². The second kappa shape index (κ2) is 8.48. The number of rotatable bonds is 6. The van der Waals surface area contributed by atoms with Gasteiger partial charge in [0.05, 0.1) is 28.7 Å². The van der Waals surface area contributed by atoms with Gasteiger partial charge in [0, 0.05) is 16.3 Å². The van der Waals surface area contributed by atoms with Crippen LogP contribution in [0.15, 0.2) is 47.4 Å². The number of imide groups is 1. The summed E-state index contributed by atoms with van der Waals surface area (Å²) in [5, 5.41) is 9.91. The number of aliphatic hydroxyl groups excluding tert-OH is 1. The number of benzene rings is 2. The molecule has 0 aromatic heterocycles. The maximum atomic E-state index is 13.1. The lowest BCUT2D eigenvalue weighted by atomic mass is 10.1. The lowest BCUT2D eigenvalue weighted by Crippen LogP contribution is -2.31. The van der Waals surface area contributed by atoms with E-state index in [1.54, 1.807) is 18.2 Å². The van der Waals surface area contributed by atoms with Gasteiger partial charge >= 0.3 is 0 Å². The van der Waals surface area contributed by atoms with E-state index in [0.29, 0.717) is 26.3 Å². The molecule has 1 heterocycles. The molecule has 27 heavy (non-hydrogen) atoms. The second-order valence-corrected chi connectivity index (χ2v) is 8.03. The molecule has 3 rings (SSSR count). The summed E-state index contributed by atoms with van der Waals surface area (Å²) in [5.74, 6) is -0.466. The molecule has 0 aliphatic carbocycles. The SMILES string of the molecule is Cc1ccc(CN2C(=O)C(SCCO)=C(c3ccc(Cl)cc3Cl)C2=O)cc1. The molecule has 0 saturated carbocycles. The molecule has 2 aromatic carbocycles. The van der Waals surface area contributed by atoms with Crippen LogP contribution in [0.1, 0.15) is 16.7 Å². The molecule has 0 spiro atoms. The molecule has 2 aromatic rings. The minimum Gasteiger partial charge on any atom is -0.396 e. The zero-order valence-corrected chi connectivity index (χ0v) is 16.9. The number of carbonyl (C=O) groups is 2. The molecule has 0 fully saturated rings. The summed E-state index contributed by atoms with van der Waals surface area (Å²) in [5.41, 5.74) is 2.68. The highest BCUT2D eigenvalue weighted by Crippen LogP contribution is 2.39. The van der Waals surface area contributed by atoms with Gasteiger partial charge in [0.1, 0.15) is 0 Å². The van der Waals surface area contributed by atoms with Crippen molar-refractivity contribution in [2.75, 3.05) is 12.4 Å². The van der Waals surface area contributed by atoms with E-state index in [0.717, 1.165) is 22.9 Å². The van der Waals surface area contributed by atoms with E-state index in [2.05, 4.69) is 0 Å². The number of amides is 2. The highest BCUT2D eigenvalue weighted by molar-refractivity contribution is 8.04. The third kappa shape index (κ3) is 4.22. The van der Waals surface area contributed by atoms with E-state index >= 15 is 0 Å². The van der Waals surface area contributed by atoms with Crippen molar-refractivity contribution in [2.24, 2.45) is 0 Å². The van der Waals surface area contributed by atoms with Crippen molar-refractivity contribution in [1.82, 2.24) is 4.90 Å². The monoisotopic (exact) mass is 421 g/mol. The third-order valence-electron chi connectivity index (χ3n) is 4.12. The average molecular weight is 422 g/mol. The van der Waals surface area contributed by atoms with Gasteiger partial charge in [0.25, 0.3) is 11.8 Å². The molecule has 7 heteroatoms. The van der Waals surface area contributed by atoms with Crippen LogP contribution in [-0.2, 0) is 16.1 Å². The number of aliphatic hydroxyl groups is 1. The Morgan fingerprint density at radius 1 is 1.04 bits per heavy atom. The fourth-order valence-electron chi connectivity index (χ4n) is 2.78. The zero-order chi connectivity index (χ0) is 19.6. The van der Waals surface area contributed by atoms with Crippen LogP contribution < -0.4 is 0 Å². The summed E-state index contributed by atoms with van der Waals surface area (Å²) >= 11 is 13.4. The molecule has 0 unspecified atom stereocenters. The van der Waals surface area contributed by atoms with E-state index in [4.69, 9.17) is 28.3 Å². The first-order valence-corrected chi connectivity index (χ1v) is 10.0. The Hall–Kier alpha value is -1.79. The summed E-state index contributed by atoms with van der Waals surface area (Å²) < 4.78 is 0. The largest absolute Gasteiger partial charge is 0.396 e. The Morgan fingerprint density at radius 3 is 2.37 bits per heavy atom. The molecule has 0 radical (unpaired) electrons. The minimum atomic E-state index is -0.398. The second-order valence-electron chi connectivity index (χ2n) is 6.08. The molecule has 2 amide bonds. The number of thioether (sulfide) groups is 1. The average Bonchev–Trinajstić information content (AvgIpc) is 2.86. The van der Waals surface area contributed by atoms with Gasteiger partial charge in [-0.1, -0.05) is 59.1 Å². The molecule has 1 N–H and O–H groups in total. The van der Waals surface area contributed by atoms with Gasteiger partial charge in [0.15, 0.2) is 0 Å². The highest BCUT2D eigenvalue weighted by Gasteiger charge is 2.39. The van der Waals surface area contributed by atoms with Crippen molar-refractivity contribution in [3.8, 4) is 0 Å². The van der Waals surface area contributed by atoms with Gasteiger partial charge < -0.3 is 5.11 Å². The van der Waals surface area contributed by atoms with Crippen molar-refractivity contribution in [2.45, 2.75) is 13.5 Å². The predicted octanol–water partition coefficient (Wildman–Crippen LogP) is 4.31. The fourth-order valence-corrected chi connectivity index (χ4v) is 4.16. The maximum Gasteiger partial charge on any atom is 0.268 e. The van der Waals surface area contributed by atoms with Crippen LogP contribution in [0.2, 0.25) is 10.0 Å². The van der Waals surface area contributed by atoms with Crippen LogP contribution in [0, 0.1) is 6.92 Å². The first-order chi connectivity index (χ1) is 12.9. The minimum absolute atomic E-state index is 0.102. The van der Waals surface area contributed by atoms with Crippen LogP contribution in [0.4, 0.5) is 0 Å². The Balaban J connectivity index is 1.99. The summed E-state index contributed by atoms with van der Waals surface area (Å²) in [6, 6.07) is 12.5. The van der Waals surface area contributed by atoms with Gasteiger partial charge in [-0.2, -0.15) is 0 Å². The normalized spacial score (nSPS) is 14.4. The van der Waals surface area contributed by atoms with Crippen molar-refractivity contribution in [3.05, 3.63) is 74.1 Å². The summed E-state index contributed by atoms with van der Waals surface area (Å²) in [6.07, 6.45) is 0. The van der Waals surface area contributed by atoms with Crippen LogP contribution >= 0.6 is 35.0 Å². The summed E-state index contributed by atoms with van der Waals surface area (Å²) in [7, 11) is 0. The quantitative estimate of drug-likeness (QED) is 0.705. The molecule has 140 valence electrons. The maximum absolute atomic E-state index is 13.1. The van der Waals surface area contributed by atoms with E-state index in [1.807, 2.05) is 31.2 Å². The summed E-state index contributed by atoms with van der Waals surface area (Å²) in [4.78, 5) is 27.5. The van der Waals surface area contributed by atoms with E-state index in [9.17, 15) is 9.59 Å². The molecule has 1 aliphatic heterocycles. The van der Waals surface area contributed by atoms with Crippen LogP contribution in [-0.4, -0.2) is 34.2 Å². The topological polar surface area (TPSA) is 57.6 Å². The Labute approximate surface area is 171 Å². The van der Waals surface area contributed by atoms with Crippen LogP contribution in [0.3, 0.4) is 0 Å². The number of carbonyl (C=O) groups excluding carboxylic acids is 2. The van der Waals surface area contributed by atoms with Crippen LogP contribution in [0.5, 0.6) is 0 Å². The highest BCUT2D eigenvalue weighted by atomic mass is 35.5. The van der Waals surface area contributed by atoms with Crippen molar-refractivity contribution in [3.63, 3.8) is 0 Å². The number of hydrogen-bond donors (Lipinski definition) is 1. The van der Waals surface area contributed by atoms with Crippen molar-refractivity contribution < 1.29 is 14.7 Å². The number of halogens is 2. The van der Waals surface area contributed by atoms with Gasteiger partial charge in [-0.05, 0) is 24.6 Å². The van der Waals surface area contributed by atoms with Crippen LogP contribution in [0.25, 0.3) is 5.57 Å². The van der Waals surface area contributed by atoms with Crippen molar-refractivity contribution in [1.29, 1.82) is 0 Å². The van der Waals surface area contributed by atoms with Gasteiger partial charge in [0.2, 0.25) is 0 Å². The van der Waals surface area contributed by atoms with Gasteiger partial charge in [-0.25, -0.2) is 0 Å². The molecule has 4 nitrogen and oxygen atoms in total. The third-order valence-corrected chi connectivity index (χ3v) is 5.73. The first kappa shape index (κ1) is 20.0. The lowest BCUT2D eigenvalue weighted by molar-refractivity contribution is -0.137. The smallest absolute Gasteiger partial charge is 0.268 e. The predicted molar refractivity (Wildman–Crippen MR) is 110 cm³/mol. The van der Waals surface area contributed by atoms with E-state index in [-0.39, 0.29) is 24.6 Å². The number of nitrogens with zero attached hydrogens (tertiary/aromatic N) is 1. The van der Waals surface area contributed by atoms with E-state index in [1.165, 1.54) is 4.90 Å². The molecule has 0 saturated heterocycles. The molecule has 0 atom stereocenters. The molecular formula is C20H17Cl2NO3S. The fraction of sp³-hybridized carbons (Fsp3) is 0.200. The lowest BCUT2D eigenvalue weighted by Gasteiger charge is -2.15. The van der Waals surface area contributed by atoms with E-state index < -0.39 is 5.91 Å². The summed E-state index contributed by atoms with van der Waals surface area (Å²) in [6.45, 7) is 2.05. The van der Waals surface area contributed by atoms with Gasteiger partial charge in [-0.3, -0.25) is 14.5 Å². The Morgan fingerprint density at radius 2 is 1.74 bits per heavy atom.